The lowest BCUT2D eigenvalue weighted by molar-refractivity contribution is -0.138. The van der Waals surface area contributed by atoms with Crippen molar-refractivity contribution in [2.75, 3.05) is 19.8 Å². The van der Waals surface area contributed by atoms with Crippen molar-refractivity contribution >= 4 is 5.91 Å². The Balaban J connectivity index is 1.42. The molecule has 6 nitrogen and oxygen atoms in total. The second kappa shape index (κ2) is 6.36. The number of rotatable bonds is 4. The Morgan fingerprint density at radius 2 is 2.08 bits per heavy atom. The molecule has 6 heteroatoms. The molecule has 1 unspecified atom stereocenters. The van der Waals surface area contributed by atoms with E-state index in [0.29, 0.717) is 31.1 Å². The molecule has 0 saturated carbocycles. The molecule has 2 aliphatic heterocycles. The summed E-state index contributed by atoms with van der Waals surface area (Å²) in [5.74, 6) is 1.33. The van der Waals surface area contributed by atoms with E-state index in [0.717, 1.165) is 38.2 Å². The first-order valence-corrected chi connectivity index (χ1v) is 8.43. The molecule has 0 radical (unpaired) electrons. The lowest BCUT2D eigenvalue weighted by atomic mass is 9.79. The maximum atomic E-state index is 12.2. The summed E-state index contributed by atoms with van der Waals surface area (Å²) in [5.41, 5.74) is 1.26. The number of aromatic nitrogens is 2. The molecule has 0 aliphatic carbocycles. The molecule has 1 spiro atoms. The zero-order chi connectivity index (χ0) is 16.4. The molecule has 2 saturated heterocycles. The van der Waals surface area contributed by atoms with Crippen LogP contribution in [0.2, 0.25) is 0 Å². The molecule has 2 aliphatic rings. The van der Waals surface area contributed by atoms with Crippen molar-refractivity contribution in [2.45, 2.75) is 32.2 Å². The van der Waals surface area contributed by atoms with Crippen molar-refractivity contribution in [3.8, 4) is 0 Å². The third-order valence-corrected chi connectivity index (χ3v) is 4.97. The van der Waals surface area contributed by atoms with Gasteiger partial charge in [0, 0.05) is 25.0 Å². The molecule has 3 heterocycles. The standard InChI is InChI=1S/C18H21N3O3/c22-17-6-7-18(8-9-23-13-18)12-21(17)11-15-19-16(24-20-15)10-14-4-2-1-3-5-14/h1-5H,6-13H2. The number of piperidine rings is 1. The SMILES string of the molecule is O=C1CCC2(CCOC2)CN1Cc1noc(Cc2ccccc2)n1. The first-order valence-electron chi connectivity index (χ1n) is 8.43. The van der Waals surface area contributed by atoms with Crippen molar-refractivity contribution in [3.63, 3.8) is 0 Å². The van der Waals surface area contributed by atoms with Crippen molar-refractivity contribution in [3.05, 3.63) is 47.6 Å². The summed E-state index contributed by atoms with van der Waals surface area (Å²) < 4.78 is 10.9. The maximum absolute atomic E-state index is 12.2. The number of nitrogens with zero attached hydrogens (tertiary/aromatic N) is 3. The number of carbonyl (C=O) groups is 1. The first kappa shape index (κ1) is 15.3. The average Bonchev–Trinajstić information content (AvgIpc) is 3.22. The summed E-state index contributed by atoms with van der Waals surface area (Å²) in [5, 5.41) is 4.04. The van der Waals surface area contributed by atoms with E-state index in [9.17, 15) is 4.79 Å². The molecule has 1 atom stereocenters. The molecule has 1 aromatic heterocycles. The largest absolute Gasteiger partial charge is 0.381 e. The van der Waals surface area contributed by atoms with Crippen LogP contribution in [0.1, 0.15) is 36.5 Å². The van der Waals surface area contributed by atoms with Crippen LogP contribution in [0, 0.1) is 5.41 Å². The van der Waals surface area contributed by atoms with Gasteiger partial charge in [0.2, 0.25) is 11.8 Å². The number of ether oxygens (including phenoxy) is 1. The molecule has 1 amide bonds. The van der Waals surface area contributed by atoms with Gasteiger partial charge >= 0.3 is 0 Å². The van der Waals surface area contributed by atoms with Gasteiger partial charge in [0.05, 0.1) is 19.6 Å². The van der Waals surface area contributed by atoms with Crippen LogP contribution in [-0.4, -0.2) is 40.7 Å². The average molecular weight is 327 g/mol. The second-order valence-electron chi connectivity index (χ2n) is 6.82. The topological polar surface area (TPSA) is 68.5 Å². The monoisotopic (exact) mass is 327 g/mol. The summed E-state index contributed by atoms with van der Waals surface area (Å²) in [7, 11) is 0. The van der Waals surface area contributed by atoms with Crippen LogP contribution in [0.3, 0.4) is 0 Å². The van der Waals surface area contributed by atoms with Crippen molar-refractivity contribution < 1.29 is 14.1 Å². The normalized spacial score (nSPS) is 24.0. The fraction of sp³-hybridized carbons (Fsp3) is 0.500. The molecule has 4 rings (SSSR count). The molecule has 24 heavy (non-hydrogen) atoms. The Labute approximate surface area is 140 Å². The molecule has 126 valence electrons. The summed E-state index contributed by atoms with van der Waals surface area (Å²) >= 11 is 0. The molecular weight excluding hydrogens is 306 g/mol. The summed E-state index contributed by atoms with van der Waals surface area (Å²) in [6.07, 6.45) is 3.15. The minimum atomic E-state index is 0.129. The van der Waals surface area contributed by atoms with Gasteiger partial charge in [-0.15, -0.1) is 0 Å². The van der Waals surface area contributed by atoms with E-state index in [4.69, 9.17) is 9.26 Å². The lowest BCUT2D eigenvalue weighted by Crippen LogP contribution is -2.46. The van der Waals surface area contributed by atoms with Crippen molar-refractivity contribution in [1.82, 2.24) is 15.0 Å². The van der Waals surface area contributed by atoms with Gasteiger partial charge in [-0.25, -0.2) is 0 Å². The number of benzene rings is 1. The highest BCUT2D eigenvalue weighted by Crippen LogP contribution is 2.38. The van der Waals surface area contributed by atoms with Gasteiger partial charge in [-0.2, -0.15) is 4.98 Å². The fourth-order valence-corrected chi connectivity index (χ4v) is 3.59. The quantitative estimate of drug-likeness (QED) is 0.861. The number of carbonyl (C=O) groups excluding carboxylic acids is 1. The van der Waals surface area contributed by atoms with Crippen LogP contribution in [0.15, 0.2) is 34.9 Å². The molecule has 0 bridgehead atoms. The van der Waals surface area contributed by atoms with Crippen LogP contribution in [0.5, 0.6) is 0 Å². The molecule has 2 fully saturated rings. The predicted octanol–water partition coefficient (Wildman–Crippen LogP) is 2.19. The lowest BCUT2D eigenvalue weighted by Gasteiger charge is -2.38. The van der Waals surface area contributed by atoms with Crippen molar-refractivity contribution in [2.24, 2.45) is 5.41 Å². The summed E-state index contributed by atoms with van der Waals surface area (Å²) in [4.78, 5) is 18.5. The van der Waals surface area contributed by atoms with Crippen LogP contribution in [-0.2, 0) is 22.5 Å². The number of likely N-dealkylation sites (tertiary alicyclic amines) is 1. The van der Waals surface area contributed by atoms with E-state index in [2.05, 4.69) is 10.1 Å². The van der Waals surface area contributed by atoms with Gasteiger partial charge in [0.25, 0.3) is 0 Å². The van der Waals surface area contributed by atoms with Crippen LogP contribution in [0.25, 0.3) is 0 Å². The van der Waals surface area contributed by atoms with Crippen LogP contribution in [0.4, 0.5) is 0 Å². The van der Waals surface area contributed by atoms with Gasteiger partial charge in [-0.3, -0.25) is 4.79 Å². The first-order chi connectivity index (χ1) is 11.7. The Kier molecular flexibility index (Phi) is 4.06. The third kappa shape index (κ3) is 3.19. The van der Waals surface area contributed by atoms with Gasteiger partial charge in [0.1, 0.15) is 0 Å². The highest BCUT2D eigenvalue weighted by molar-refractivity contribution is 5.77. The Hall–Kier alpha value is -2.21. The van der Waals surface area contributed by atoms with E-state index >= 15 is 0 Å². The summed E-state index contributed by atoms with van der Waals surface area (Å²) in [6.45, 7) is 2.70. The molecular formula is C18H21N3O3. The Bertz CT molecular complexity index is 707. The number of hydrogen-bond acceptors (Lipinski definition) is 5. The summed E-state index contributed by atoms with van der Waals surface area (Å²) in [6, 6.07) is 10.0. The minimum absolute atomic E-state index is 0.129. The smallest absolute Gasteiger partial charge is 0.231 e. The second-order valence-corrected chi connectivity index (χ2v) is 6.82. The van der Waals surface area contributed by atoms with E-state index in [1.54, 1.807) is 0 Å². The third-order valence-electron chi connectivity index (χ3n) is 4.97. The van der Waals surface area contributed by atoms with Gasteiger partial charge < -0.3 is 14.2 Å². The van der Waals surface area contributed by atoms with Gasteiger partial charge in [0.15, 0.2) is 5.82 Å². The number of hydrogen-bond donors (Lipinski definition) is 0. The van der Waals surface area contributed by atoms with Gasteiger partial charge in [-0.1, -0.05) is 35.5 Å². The molecule has 1 aromatic carbocycles. The van der Waals surface area contributed by atoms with E-state index in [-0.39, 0.29) is 11.3 Å². The zero-order valence-electron chi connectivity index (χ0n) is 13.6. The number of amides is 1. The minimum Gasteiger partial charge on any atom is -0.381 e. The fourth-order valence-electron chi connectivity index (χ4n) is 3.59. The Morgan fingerprint density at radius 1 is 1.21 bits per heavy atom. The zero-order valence-corrected chi connectivity index (χ0v) is 13.6. The highest BCUT2D eigenvalue weighted by atomic mass is 16.5. The molecule has 0 N–H and O–H groups in total. The van der Waals surface area contributed by atoms with E-state index in [1.807, 2.05) is 35.2 Å². The highest BCUT2D eigenvalue weighted by Gasteiger charge is 2.41. The van der Waals surface area contributed by atoms with Crippen LogP contribution < -0.4 is 0 Å². The van der Waals surface area contributed by atoms with E-state index in [1.165, 1.54) is 0 Å². The Morgan fingerprint density at radius 3 is 2.88 bits per heavy atom. The predicted molar refractivity (Wildman–Crippen MR) is 86.1 cm³/mol. The molecule has 2 aromatic rings. The van der Waals surface area contributed by atoms with Gasteiger partial charge in [-0.05, 0) is 18.4 Å². The maximum Gasteiger partial charge on any atom is 0.231 e. The van der Waals surface area contributed by atoms with E-state index < -0.39 is 0 Å². The van der Waals surface area contributed by atoms with Crippen molar-refractivity contribution in [1.29, 1.82) is 0 Å². The van der Waals surface area contributed by atoms with Crippen LogP contribution >= 0.6 is 0 Å².